The summed E-state index contributed by atoms with van der Waals surface area (Å²) in [7, 11) is 0. The second-order valence-electron chi connectivity index (χ2n) is 5.11. The first kappa shape index (κ1) is 15.7. The minimum Gasteiger partial charge on any atom is -0.457 e. The Kier molecular flexibility index (Phi) is 4.84. The molecule has 0 bridgehead atoms. The summed E-state index contributed by atoms with van der Waals surface area (Å²) < 4.78 is 5.65. The van der Waals surface area contributed by atoms with Crippen molar-refractivity contribution in [2.24, 2.45) is 0 Å². The number of ether oxygens (including phenoxy) is 1. The molecule has 0 saturated carbocycles. The highest BCUT2D eigenvalue weighted by Crippen LogP contribution is 2.23. The van der Waals surface area contributed by atoms with Crippen molar-refractivity contribution in [3.63, 3.8) is 0 Å². The van der Waals surface area contributed by atoms with Crippen molar-refractivity contribution in [2.45, 2.75) is 6.10 Å². The first-order valence-electron chi connectivity index (χ1n) is 7.44. The van der Waals surface area contributed by atoms with Crippen LogP contribution in [-0.4, -0.2) is 16.0 Å². The van der Waals surface area contributed by atoms with E-state index >= 15 is 0 Å². The van der Waals surface area contributed by atoms with E-state index in [0.717, 1.165) is 0 Å². The number of carbonyl (C=O) groups is 1. The summed E-state index contributed by atoms with van der Waals surface area (Å²) >= 11 is 0. The predicted octanol–water partition coefficient (Wildman–Crippen LogP) is 3.55. The number of nitrogens with one attached hydrogen (secondary N) is 1. The quantitative estimate of drug-likeness (QED) is 0.754. The van der Waals surface area contributed by atoms with E-state index in [4.69, 9.17) is 4.74 Å². The molecular weight excluding hydrogens is 304 g/mol. The normalized spacial score (nSPS) is 11.5. The molecule has 3 aromatic rings. The van der Waals surface area contributed by atoms with Crippen LogP contribution < -0.4 is 10.1 Å². The molecule has 0 radical (unpaired) electrons. The van der Waals surface area contributed by atoms with Gasteiger partial charge >= 0.3 is 0 Å². The lowest BCUT2D eigenvalue weighted by Gasteiger charge is -2.12. The van der Waals surface area contributed by atoms with Crippen molar-refractivity contribution in [2.75, 3.05) is 5.32 Å². The fraction of sp³-hybridized carbons (Fsp3) is 0.0526. The largest absolute Gasteiger partial charge is 0.457 e. The van der Waals surface area contributed by atoms with Crippen LogP contribution in [0, 0.1) is 0 Å². The molecule has 1 aromatic heterocycles. The molecule has 1 unspecified atom stereocenters. The summed E-state index contributed by atoms with van der Waals surface area (Å²) in [6.07, 6.45) is 2.09. The summed E-state index contributed by atoms with van der Waals surface area (Å²) in [5, 5.41) is 12.7. The van der Waals surface area contributed by atoms with Gasteiger partial charge in [0.05, 0.1) is 0 Å². The Balaban J connectivity index is 1.62. The fourth-order valence-corrected chi connectivity index (χ4v) is 2.15. The van der Waals surface area contributed by atoms with E-state index in [1.165, 1.54) is 0 Å². The number of carbonyl (C=O) groups excluding carboxylic acids is 1. The van der Waals surface area contributed by atoms with Crippen LogP contribution in [-0.2, 0) is 4.79 Å². The maximum atomic E-state index is 12.1. The van der Waals surface area contributed by atoms with Crippen LogP contribution in [0.15, 0.2) is 79.1 Å². The summed E-state index contributed by atoms with van der Waals surface area (Å²) in [5.41, 5.74) is 1.13. The lowest BCUT2D eigenvalue weighted by atomic mass is 10.1. The number of anilines is 1. The van der Waals surface area contributed by atoms with E-state index in [0.29, 0.717) is 22.7 Å². The lowest BCUT2D eigenvalue weighted by Crippen LogP contribution is -2.20. The van der Waals surface area contributed by atoms with Crippen molar-refractivity contribution >= 4 is 11.6 Å². The minimum atomic E-state index is -1.21. The molecule has 1 heterocycles. The highest BCUT2D eigenvalue weighted by atomic mass is 16.5. The highest BCUT2D eigenvalue weighted by Gasteiger charge is 2.16. The van der Waals surface area contributed by atoms with Crippen molar-refractivity contribution < 1.29 is 14.6 Å². The van der Waals surface area contributed by atoms with E-state index in [1.54, 1.807) is 73.1 Å². The van der Waals surface area contributed by atoms with Crippen molar-refractivity contribution in [1.82, 2.24) is 4.98 Å². The zero-order valence-corrected chi connectivity index (χ0v) is 12.8. The van der Waals surface area contributed by atoms with Crippen molar-refractivity contribution in [3.05, 3.63) is 84.7 Å². The molecule has 2 aromatic carbocycles. The molecule has 24 heavy (non-hydrogen) atoms. The number of aliphatic hydroxyl groups excluding tert-OH is 1. The molecule has 0 saturated heterocycles. The first-order valence-corrected chi connectivity index (χ1v) is 7.44. The maximum Gasteiger partial charge on any atom is 0.257 e. The Labute approximate surface area is 139 Å². The number of aromatic nitrogens is 1. The standard InChI is InChI=1S/C19H16N2O3/c22-18(14-4-2-1-3-5-14)19(23)21-15-6-8-16(9-7-15)24-17-10-12-20-13-11-17/h1-13,18,22H,(H,21,23). The third-order valence-corrected chi connectivity index (χ3v) is 3.37. The molecule has 2 N–H and O–H groups in total. The van der Waals surface area contributed by atoms with Gasteiger partial charge in [-0.3, -0.25) is 9.78 Å². The zero-order valence-electron chi connectivity index (χ0n) is 12.8. The molecule has 0 fully saturated rings. The van der Waals surface area contributed by atoms with Crippen molar-refractivity contribution in [3.8, 4) is 11.5 Å². The van der Waals surface area contributed by atoms with Gasteiger partial charge in [0, 0.05) is 18.1 Å². The highest BCUT2D eigenvalue weighted by molar-refractivity contribution is 5.94. The Hall–Kier alpha value is -3.18. The van der Waals surface area contributed by atoms with E-state index in [2.05, 4.69) is 10.3 Å². The molecule has 5 nitrogen and oxygen atoms in total. The number of aliphatic hydroxyl groups is 1. The van der Waals surface area contributed by atoms with Gasteiger partial charge in [0.2, 0.25) is 0 Å². The third kappa shape index (κ3) is 3.97. The zero-order chi connectivity index (χ0) is 16.8. The molecule has 0 aliphatic heterocycles. The number of hydrogen-bond donors (Lipinski definition) is 2. The topological polar surface area (TPSA) is 71.5 Å². The van der Waals surface area contributed by atoms with Crippen LogP contribution in [0.25, 0.3) is 0 Å². The molecule has 1 atom stereocenters. The smallest absolute Gasteiger partial charge is 0.257 e. The first-order chi connectivity index (χ1) is 11.7. The Bertz CT molecular complexity index is 790. The van der Waals surface area contributed by atoms with Crippen molar-refractivity contribution in [1.29, 1.82) is 0 Å². The average Bonchev–Trinajstić information content (AvgIpc) is 2.64. The van der Waals surface area contributed by atoms with Gasteiger partial charge in [-0.25, -0.2) is 0 Å². The number of amides is 1. The maximum absolute atomic E-state index is 12.1. The Morgan fingerprint density at radius 3 is 2.21 bits per heavy atom. The van der Waals surface area contributed by atoms with Crippen LogP contribution in [0.1, 0.15) is 11.7 Å². The molecule has 0 aliphatic rings. The van der Waals surface area contributed by atoms with Gasteiger partial charge in [0.1, 0.15) is 11.5 Å². The second-order valence-corrected chi connectivity index (χ2v) is 5.11. The van der Waals surface area contributed by atoms with Crippen LogP contribution in [0.2, 0.25) is 0 Å². The van der Waals surface area contributed by atoms with Crippen LogP contribution >= 0.6 is 0 Å². The Morgan fingerprint density at radius 1 is 0.917 bits per heavy atom. The van der Waals surface area contributed by atoms with E-state index in [-0.39, 0.29) is 0 Å². The van der Waals surface area contributed by atoms with Gasteiger partial charge < -0.3 is 15.2 Å². The summed E-state index contributed by atoms with van der Waals surface area (Å²) in [6, 6.07) is 19.2. The van der Waals surface area contributed by atoms with E-state index < -0.39 is 12.0 Å². The molecule has 1 amide bonds. The minimum absolute atomic E-state index is 0.482. The van der Waals surface area contributed by atoms with Gasteiger partial charge in [0.15, 0.2) is 6.10 Å². The average molecular weight is 320 g/mol. The monoisotopic (exact) mass is 320 g/mol. The molecule has 0 aliphatic carbocycles. The Morgan fingerprint density at radius 2 is 1.54 bits per heavy atom. The van der Waals surface area contributed by atoms with Gasteiger partial charge in [-0.1, -0.05) is 30.3 Å². The van der Waals surface area contributed by atoms with E-state index in [1.807, 2.05) is 6.07 Å². The molecule has 3 rings (SSSR count). The summed E-state index contributed by atoms with van der Waals surface area (Å²) in [4.78, 5) is 16.0. The SMILES string of the molecule is O=C(Nc1ccc(Oc2ccncc2)cc1)C(O)c1ccccc1. The number of pyridine rings is 1. The second kappa shape index (κ2) is 7.39. The van der Waals surface area contributed by atoms with E-state index in [9.17, 15) is 9.90 Å². The predicted molar refractivity (Wildman–Crippen MR) is 90.8 cm³/mol. The van der Waals surface area contributed by atoms with Gasteiger partial charge in [-0.05, 0) is 42.0 Å². The van der Waals surface area contributed by atoms with Gasteiger partial charge in [-0.2, -0.15) is 0 Å². The van der Waals surface area contributed by atoms with Crippen LogP contribution in [0.4, 0.5) is 5.69 Å². The molecule has 120 valence electrons. The van der Waals surface area contributed by atoms with Crippen LogP contribution in [0.5, 0.6) is 11.5 Å². The van der Waals surface area contributed by atoms with Gasteiger partial charge in [0.25, 0.3) is 5.91 Å². The molecular formula is C19H16N2O3. The fourth-order valence-electron chi connectivity index (χ4n) is 2.15. The number of rotatable bonds is 5. The van der Waals surface area contributed by atoms with Gasteiger partial charge in [-0.15, -0.1) is 0 Å². The summed E-state index contributed by atoms with van der Waals surface area (Å²) in [5.74, 6) is 0.841. The summed E-state index contributed by atoms with van der Waals surface area (Å²) in [6.45, 7) is 0. The number of benzene rings is 2. The van der Waals surface area contributed by atoms with Crippen LogP contribution in [0.3, 0.4) is 0 Å². The lowest BCUT2D eigenvalue weighted by molar-refractivity contribution is -0.124. The molecule has 5 heteroatoms. The molecule has 0 spiro atoms. The third-order valence-electron chi connectivity index (χ3n) is 3.37. The number of hydrogen-bond acceptors (Lipinski definition) is 4. The number of nitrogens with zero attached hydrogens (tertiary/aromatic N) is 1.